The van der Waals surface area contributed by atoms with Crippen molar-refractivity contribution in [3.8, 4) is 0 Å². The normalized spacial score (nSPS) is 43.0. The fourth-order valence-corrected chi connectivity index (χ4v) is 2.67. The summed E-state index contributed by atoms with van der Waals surface area (Å²) < 4.78 is 0. The van der Waals surface area contributed by atoms with Crippen molar-refractivity contribution in [2.75, 3.05) is 19.6 Å². The summed E-state index contributed by atoms with van der Waals surface area (Å²) >= 11 is 0. The Hall–Kier alpha value is -0.120. The van der Waals surface area contributed by atoms with Crippen LogP contribution in [0.2, 0.25) is 0 Å². The zero-order valence-electron chi connectivity index (χ0n) is 7.63. The smallest absolute Gasteiger partial charge is 0.0448 e. The third-order valence-electron chi connectivity index (χ3n) is 3.52. The highest BCUT2D eigenvalue weighted by Crippen LogP contribution is 2.32. The number of hydrogen-bond acceptors (Lipinski definition) is 3. The molecule has 3 heteroatoms. The molecule has 2 saturated heterocycles. The van der Waals surface area contributed by atoms with E-state index in [1.807, 2.05) is 0 Å². The first kappa shape index (κ1) is 8.48. The van der Waals surface area contributed by atoms with Crippen LogP contribution in [0.4, 0.5) is 0 Å². The molecule has 0 aromatic rings. The Morgan fingerprint density at radius 1 is 1.33 bits per heavy atom. The van der Waals surface area contributed by atoms with Crippen molar-refractivity contribution in [2.24, 2.45) is 11.5 Å². The Bertz CT molecular complexity index is 171. The highest BCUT2D eigenvalue weighted by atomic mass is 15.2. The van der Waals surface area contributed by atoms with Crippen molar-refractivity contribution >= 4 is 0 Å². The highest BCUT2D eigenvalue weighted by molar-refractivity contribution is 5.05. The summed E-state index contributed by atoms with van der Waals surface area (Å²) in [6, 6.07) is 0.580. The lowest BCUT2D eigenvalue weighted by Gasteiger charge is -2.37. The average molecular weight is 169 g/mol. The van der Waals surface area contributed by atoms with E-state index in [1.165, 1.54) is 32.4 Å². The van der Waals surface area contributed by atoms with Crippen LogP contribution in [0.1, 0.15) is 25.7 Å². The third-order valence-corrected chi connectivity index (χ3v) is 3.52. The third kappa shape index (κ3) is 1.16. The maximum atomic E-state index is 6.25. The molecule has 3 nitrogen and oxygen atoms in total. The molecule has 70 valence electrons. The van der Waals surface area contributed by atoms with E-state index in [0.717, 1.165) is 6.42 Å². The summed E-state index contributed by atoms with van der Waals surface area (Å²) in [6.45, 7) is 3.05. The van der Waals surface area contributed by atoms with Crippen LogP contribution in [0.15, 0.2) is 0 Å². The first-order chi connectivity index (χ1) is 5.76. The van der Waals surface area contributed by atoms with E-state index in [2.05, 4.69) is 4.90 Å². The first-order valence-corrected chi connectivity index (χ1v) is 4.99. The van der Waals surface area contributed by atoms with Crippen molar-refractivity contribution in [1.82, 2.24) is 4.90 Å². The van der Waals surface area contributed by atoms with Crippen LogP contribution in [0.25, 0.3) is 0 Å². The van der Waals surface area contributed by atoms with Crippen LogP contribution in [0, 0.1) is 0 Å². The number of nitrogens with zero attached hydrogens (tertiary/aromatic N) is 1. The van der Waals surface area contributed by atoms with Crippen LogP contribution >= 0.6 is 0 Å². The maximum Gasteiger partial charge on any atom is 0.0448 e. The minimum atomic E-state index is -0.0690. The lowest BCUT2D eigenvalue weighted by molar-refractivity contribution is 0.159. The molecule has 2 fully saturated rings. The second-order valence-electron chi connectivity index (χ2n) is 4.23. The van der Waals surface area contributed by atoms with Gasteiger partial charge in [-0.1, -0.05) is 6.42 Å². The predicted molar refractivity (Wildman–Crippen MR) is 49.8 cm³/mol. The van der Waals surface area contributed by atoms with Crippen molar-refractivity contribution in [3.63, 3.8) is 0 Å². The maximum absolute atomic E-state index is 6.25. The molecule has 4 N–H and O–H groups in total. The average Bonchev–Trinajstić information content (AvgIpc) is 2.46. The standard InChI is InChI=1S/C9H19N3/c10-7-9(11)4-6-12-5-2-1-3-8(9)12/h8H,1-7,10-11H2. The summed E-state index contributed by atoms with van der Waals surface area (Å²) in [5, 5.41) is 0. The second-order valence-corrected chi connectivity index (χ2v) is 4.23. The highest BCUT2D eigenvalue weighted by Gasteiger charge is 2.43. The van der Waals surface area contributed by atoms with Gasteiger partial charge in [-0.15, -0.1) is 0 Å². The van der Waals surface area contributed by atoms with E-state index in [9.17, 15) is 0 Å². The minimum absolute atomic E-state index is 0.0690. The van der Waals surface area contributed by atoms with Crippen LogP contribution < -0.4 is 11.5 Å². The van der Waals surface area contributed by atoms with E-state index in [0.29, 0.717) is 12.6 Å². The van der Waals surface area contributed by atoms with Gasteiger partial charge in [0, 0.05) is 24.7 Å². The Labute approximate surface area is 74.1 Å². The Morgan fingerprint density at radius 2 is 2.17 bits per heavy atom. The topological polar surface area (TPSA) is 55.3 Å². The van der Waals surface area contributed by atoms with Crippen LogP contribution in [-0.2, 0) is 0 Å². The fraction of sp³-hybridized carbons (Fsp3) is 1.00. The molecule has 2 rings (SSSR count). The summed E-state index contributed by atoms with van der Waals surface area (Å²) in [7, 11) is 0. The molecule has 2 aliphatic rings. The van der Waals surface area contributed by atoms with E-state index >= 15 is 0 Å². The molecule has 0 aliphatic carbocycles. The van der Waals surface area contributed by atoms with Crippen LogP contribution in [-0.4, -0.2) is 36.1 Å². The van der Waals surface area contributed by atoms with Gasteiger partial charge in [0.15, 0.2) is 0 Å². The van der Waals surface area contributed by atoms with Crippen molar-refractivity contribution in [3.05, 3.63) is 0 Å². The molecule has 0 bridgehead atoms. The lowest BCUT2D eigenvalue weighted by Crippen LogP contribution is -2.57. The van der Waals surface area contributed by atoms with E-state index in [4.69, 9.17) is 11.5 Å². The molecule has 2 aliphatic heterocycles. The Morgan fingerprint density at radius 3 is 2.92 bits per heavy atom. The van der Waals surface area contributed by atoms with Gasteiger partial charge < -0.3 is 11.5 Å². The van der Waals surface area contributed by atoms with Crippen LogP contribution in [0.5, 0.6) is 0 Å². The summed E-state index contributed by atoms with van der Waals surface area (Å²) in [4.78, 5) is 2.52. The molecule has 0 aromatic carbocycles. The molecule has 0 radical (unpaired) electrons. The molecule has 0 spiro atoms. The number of nitrogens with two attached hydrogens (primary N) is 2. The second kappa shape index (κ2) is 2.98. The molecule has 0 amide bonds. The molecule has 2 heterocycles. The van der Waals surface area contributed by atoms with E-state index < -0.39 is 0 Å². The van der Waals surface area contributed by atoms with Gasteiger partial charge in [0.25, 0.3) is 0 Å². The van der Waals surface area contributed by atoms with Gasteiger partial charge in [0.05, 0.1) is 0 Å². The van der Waals surface area contributed by atoms with Gasteiger partial charge in [-0.05, 0) is 25.8 Å². The summed E-state index contributed by atoms with van der Waals surface area (Å²) in [5.41, 5.74) is 11.9. The quantitative estimate of drug-likeness (QED) is 0.576. The molecule has 12 heavy (non-hydrogen) atoms. The van der Waals surface area contributed by atoms with Gasteiger partial charge in [-0.2, -0.15) is 0 Å². The van der Waals surface area contributed by atoms with Crippen molar-refractivity contribution in [2.45, 2.75) is 37.3 Å². The van der Waals surface area contributed by atoms with Gasteiger partial charge in [-0.25, -0.2) is 0 Å². The van der Waals surface area contributed by atoms with Crippen LogP contribution in [0.3, 0.4) is 0 Å². The van der Waals surface area contributed by atoms with Gasteiger partial charge in [0.2, 0.25) is 0 Å². The monoisotopic (exact) mass is 169 g/mol. The lowest BCUT2D eigenvalue weighted by atomic mass is 9.86. The largest absolute Gasteiger partial charge is 0.329 e. The van der Waals surface area contributed by atoms with Gasteiger partial charge in [0.1, 0.15) is 0 Å². The minimum Gasteiger partial charge on any atom is -0.329 e. The Balaban J connectivity index is 2.10. The first-order valence-electron chi connectivity index (χ1n) is 4.99. The van der Waals surface area contributed by atoms with Crippen molar-refractivity contribution in [1.29, 1.82) is 0 Å². The Kier molecular flexibility index (Phi) is 2.10. The molecule has 2 unspecified atom stereocenters. The molecule has 2 atom stereocenters. The number of hydrogen-bond donors (Lipinski definition) is 2. The zero-order chi connectivity index (χ0) is 8.60. The predicted octanol–water partition coefficient (Wildman–Crippen LogP) is -0.0992. The van der Waals surface area contributed by atoms with E-state index in [1.54, 1.807) is 0 Å². The molecule has 0 saturated carbocycles. The SMILES string of the molecule is NCC1(N)CCN2CCCCC21. The number of fused-ring (bicyclic) bond motifs is 1. The molecular formula is C9H19N3. The number of rotatable bonds is 1. The molecule has 0 aromatic heterocycles. The van der Waals surface area contributed by atoms with Gasteiger partial charge >= 0.3 is 0 Å². The van der Waals surface area contributed by atoms with Crippen molar-refractivity contribution < 1.29 is 0 Å². The number of piperidine rings is 1. The zero-order valence-corrected chi connectivity index (χ0v) is 7.63. The molecular weight excluding hydrogens is 150 g/mol. The van der Waals surface area contributed by atoms with E-state index in [-0.39, 0.29) is 5.54 Å². The van der Waals surface area contributed by atoms with Gasteiger partial charge in [-0.3, -0.25) is 4.90 Å². The summed E-state index contributed by atoms with van der Waals surface area (Å²) in [5.74, 6) is 0. The fourth-order valence-electron chi connectivity index (χ4n) is 2.67. The summed E-state index contributed by atoms with van der Waals surface area (Å²) in [6.07, 6.45) is 5.03.